The predicted octanol–water partition coefficient (Wildman–Crippen LogP) is 3.88. The highest BCUT2D eigenvalue weighted by Crippen LogP contribution is 2.31. The van der Waals surface area contributed by atoms with E-state index in [1.807, 2.05) is 0 Å². The molecule has 2 rings (SSSR count). The summed E-state index contributed by atoms with van der Waals surface area (Å²) in [6.45, 7) is 1.42. The average molecular weight is 270 g/mol. The van der Waals surface area contributed by atoms with Crippen molar-refractivity contribution in [2.45, 2.75) is 6.92 Å². The van der Waals surface area contributed by atoms with Crippen LogP contribution < -0.4 is 11.1 Å². The van der Waals surface area contributed by atoms with E-state index in [0.29, 0.717) is 0 Å². The summed E-state index contributed by atoms with van der Waals surface area (Å²) in [6.07, 6.45) is 0. The van der Waals surface area contributed by atoms with Crippen LogP contribution in [-0.4, -0.2) is 0 Å². The van der Waals surface area contributed by atoms with Crippen LogP contribution in [0.2, 0.25) is 0 Å². The Morgan fingerprint density at radius 3 is 2.16 bits per heavy atom. The molecular formula is C13H10F4N2. The number of halogens is 4. The molecule has 0 atom stereocenters. The molecule has 0 fully saturated rings. The maximum absolute atomic E-state index is 13.8. The van der Waals surface area contributed by atoms with Crippen molar-refractivity contribution in [2.24, 2.45) is 0 Å². The van der Waals surface area contributed by atoms with Crippen molar-refractivity contribution in [2.75, 3.05) is 11.1 Å². The van der Waals surface area contributed by atoms with Crippen molar-refractivity contribution in [3.63, 3.8) is 0 Å². The van der Waals surface area contributed by atoms with Gasteiger partial charge in [0, 0.05) is 0 Å². The third-order valence-electron chi connectivity index (χ3n) is 2.66. The van der Waals surface area contributed by atoms with Crippen LogP contribution in [-0.2, 0) is 0 Å². The predicted molar refractivity (Wildman–Crippen MR) is 65.1 cm³/mol. The van der Waals surface area contributed by atoms with E-state index in [4.69, 9.17) is 5.73 Å². The van der Waals surface area contributed by atoms with Gasteiger partial charge in [0.1, 0.15) is 17.2 Å². The summed E-state index contributed by atoms with van der Waals surface area (Å²) in [5.41, 5.74) is 4.40. The van der Waals surface area contributed by atoms with Gasteiger partial charge >= 0.3 is 0 Å². The summed E-state index contributed by atoms with van der Waals surface area (Å²) in [5, 5.41) is 2.17. The molecule has 3 N–H and O–H groups in total. The van der Waals surface area contributed by atoms with Gasteiger partial charge in [-0.15, -0.1) is 0 Å². The second-order valence-electron chi connectivity index (χ2n) is 4.00. The van der Waals surface area contributed by atoms with Crippen molar-refractivity contribution in [3.8, 4) is 0 Å². The van der Waals surface area contributed by atoms with Gasteiger partial charge in [-0.05, 0) is 30.7 Å². The lowest BCUT2D eigenvalue weighted by molar-refractivity contribution is 0.511. The minimum Gasteiger partial charge on any atom is -0.397 e. The molecule has 2 nitrogen and oxygen atoms in total. The van der Waals surface area contributed by atoms with Gasteiger partial charge in [0.25, 0.3) is 0 Å². The summed E-state index contributed by atoms with van der Waals surface area (Å²) < 4.78 is 53.9. The topological polar surface area (TPSA) is 38.0 Å². The first-order valence-electron chi connectivity index (χ1n) is 5.37. The molecule has 0 spiro atoms. The van der Waals surface area contributed by atoms with Gasteiger partial charge in [0.2, 0.25) is 0 Å². The van der Waals surface area contributed by atoms with Crippen LogP contribution >= 0.6 is 0 Å². The highest BCUT2D eigenvalue weighted by molar-refractivity contribution is 5.74. The summed E-state index contributed by atoms with van der Waals surface area (Å²) in [6, 6.07) is 4.19. The number of aryl methyl sites for hydroxylation is 1. The van der Waals surface area contributed by atoms with Crippen LogP contribution in [0, 0.1) is 30.2 Å². The Kier molecular flexibility index (Phi) is 3.33. The molecule has 100 valence electrons. The zero-order chi connectivity index (χ0) is 14.2. The van der Waals surface area contributed by atoms with Gasteiger partial charge in [-0.25, -0.2) is 17.6 Å². The Morgan fingerprint density at radius 1 is 0.842 bits per heavy atom. The third-order valence-corrected chi connectivity index (χ3v) is 2.66. The van der Waals surface area contributed by atoms with Crippen molar-refractivity contribution >= 4 is 17.1 Å². The zero-order valence-electron chi connectivity index (χ0n) is 9.90. The lowest BCUT2D eigenvalue weighted by Crippen LogP contribution is -2.05. The molecule has 0 aromatic heterocycles. The van der Waals surface area contributed by atoms with Gasteiger partial charge < -0.3 is 11.1 Å². The van der Waals surface area contributed by atoms with Crippen LogP contribution in [0.15, 0.2) is 24.3 Å². The molecule has 0 aliphatic heterocycles. The normalized spacial score (nSPS) is 10.6. The molecule has 0 aliphatic rings. The largest absolute Gasteiger partial charge is 0.397 e. The Hall–Kier alpha value is -2.24. The first-order chi connectivity index (χ1) is 8.91. The van der Waals surface area contributed by atoms with Crippen molar-refractivity contribution in [3.05, 3.63) is 53.1 Å². The van der Waals surface area contributed by atoms with Crippen LogP contribution in [0.1, 0.15) is 5.56 Å². The molecule has 0 unspecified atom stereocenters. The molecule has 6 heteroatoms. The SMILES string of the molecule is Cc1ccc(F)c(Nc2c(N)ccc(F)c2F)c1F. The summed E-state index contributed by atoms with van der Waals surface area (Å²) in [5.74, 6) is -4.26. The van der Waals surface area contributed by atoms with Gasteiger partial charge in [-0.2, -0.15) is 0 Å². The fraction of sp³-hybridized carbons (Fsp3) is 0.0769. The van der Waals surface area contributed by atoms with Crippen LogP contribution in [0.25, 0.3) is 0 Å². The van der Waals surface area contributed by atoms with Crippen LogP contribution in [0.4, 0.5) is 34.6 Å². The van der Waals surface area contributed by atoms with Crippen molar-refractivity contribution < 1.29 is 17.6 Å². The second kappa shape index (κ2) is 4.79. The highest BCUT2D eigenvalue weighted by Gasteiger charge is 2.17. The molecule has 19 heavy (non-hydrogen) atoms. The Bertz CT molecular complexity index is 586. The van der Waals surface area contributed by atoms with E-state index in [2.05, 4.69) is 5.32 Å². The highest BCUT2D eigenvalue weighted by atomic mass is 19.2. The van der Waals surface area contributed by atoms with Crippen molar-refractivity contribution in [1.82, 2.24) is 0 Å². The number of rotatable bonds is 2. The summed E-state index contributed by atoms with van der Waals surface area (Å²) in [7, 11) is 0. The monoisotopic (exact) mass is 270 g/mol. The smallest absolute Gasteiger partial charge is 0.184 e. The van der Waals surface area contributed by atoms with E-state index in [0.717, 1.165) is 18.2 Å². The summed E-state index contributed by atoms with van der Waals surface area (Å²) in [4.78, 5) is 0. The quantitative estimate of drug-likeness (QED) is 0.642. The first-order valence-corrected chi connectivity index (χ1v) is 5.37. The third kappa shape index (κ3) is 2.33. The van der Waals surface area contributed by atoms with Crippen LogP contribution in [0.3, 0.4) is 0 Å². The molecule has 0 amide bonds. The Balaban J connectivity index is 2.54. The maximum atomic E-state index is 13.8. The molecular weight excluding hydrogens is 260 g/mol. The lowest BCUT2D eigenvalue weighted by Gasteiger charge is -2.13. The van der Waals surface area contributed by atoms with Gasteiger partial charge in [-0.1, -0.05) is 6.07 Å². The van der Waals surface area contributed by atoms with E-state index >= 15 is 0 Å². The number of nitrogens with two attached hydrogens (primary N) is 1. The number of nitrogen functional groups attached to an aromatic ring is 1. The molecule has 2 aromatic rings. The Morgan fingerprint density at radius 2 is 1.47 bits per heavy atom. The van der Waals surface area contributed by atoms with Gasteiger partial charge in [0.15, 0.2) is 17.5 Å². The van der Waals surface area contributed by atoms with E-state index in [-0.39, 0.29) is 11.3 Å². The molecule has 0 saturated carbocycles. The number of anilines is 3. The maximum Gasteiger partial charge on any atom is 0.184 e. The molecule has 0 radical (unpaired) electrons. The van der Waals surface area contributed by atoms with Gasteiger partial charge in [-0.3, -0.25) is 0 Å². The van der Waals surface area contributed by atoms with Gasteiger partial charge in [0.05, 0.1) is 5.69 Å². The second-order valence-corrected chi connectivity index (χ2v) is 4.00. The van der Waals surface area contributed by atoms with E-state index < -0.39 is 34.6 Å². The fourth-order valence-electron chi connectivity index (χ4n) is 1.59. The Labute approximate surface area is 106 Å². The minimum atomic E-state index is -1.29. The fourth-order valence-corrected chi connectivity index (χ4v) is 1.59. The standard InChI is InChI=1S/C13H10F4N2/c1-6-2-3-8(15)12(10(6)16)19-13-9(18)5-4-7(14)11(13)17/h2-5,19H,18H2,1H3. The minimum absolute atomic E-state index is 0.154. The van der Waals surface area contributed by atoms with Crippen molar-refractivity contribution in [1.29, 1.82) is 0 Å². The van der Waals surface area contributed by atoms with E-state index in [9.17, 15) is 17.6 Å². The lowest BCUT2D eigenvalue weighted by atomic mass is 10.1. The number of benzene rings is 2. The zero-order valence-corrected chi connectivity index (χ0v) is 9.90. The number of hydrogen-bond acceptors (Lipinski definition) is 2. The van der Waals surface area contributed by atoms with Crippen LogP contribution in [0.5, 0.6) is 0 Å². The molecule has 0 heterocycles. The molecule has 0 bridgehead atoms. The molecule has 0 saturated heterocycles. The number of nitrogens with one attached hydrogen (secondary N) is 1. The molecule has 0 aliphatic carbocycles. The molecule has 2 aromatic carbocycles. The summed E-state index contributed by atoms with van der Waals surface area (Å²) >= 11 is 0. The number of hydrogen-bond donors (Lipinski definition) is 2. The first kappa shape index (κ1) is 13.2. The van der Waals surface area contributed by atoms with E-state index in [1.165, 1.54) is 13.0 Å². The average Bonchev–Trinajstić information content (AvgIpc) is 2.38. The van der Waals surface area contributed by atoms with E-state index in [1.54, 1.807) is 0 Å².